The van der Waals surface area contributed by atoms with Gasteiger partial charge >= 0.3 is 0 Å². The Labute approximate surface area is 109 Å². The maximum atomic E-state index is 13.7. The molecule has 0 aromatic heterocycles. The zero-order chi connectivity index (χ0) is 13.7. The molecule has 0 radical (unpaired) electrons. The average molecular weight is 254 g/mol. The van der Waals surface area contributed by atoms with E-state index in [1.165, 1.54) is 0 Å². The van der Waals surface area contributed by atoms with Crippen LogP contribution in [0.1, 0.15) is 24.1 Å². The number of nitrogens with one attached hydrogen (secondary N) is 1. The molecule has 0 fully saturated rings. The van der Waals surface area contributed by atoms with E-state index in [0.717, 1.165) is 17.8 Å². The Bertz CT molecular complexity index is 396. The highest BCUT2D eigenvalue weighted by molar-refractivity contribution is 5.56. The maximum absolute atomic E-state index is 13.7. The van der Waals surface area contributed by atoms with Crippen LogP contribution in [0.3, 0.4) is 0 Å². The highest BCUT2D eigenvalue weighted by Gasteiger charge is 2.15. The van der Waals surface area contributed by atoms with E-state index in [2.05, 4.69) is 10.2 Å². The van der Waals surface area contributed by atoms with E-state index in [1.54, 1.807) is 20.1 Å². The highest BCUT2D eigenvalue weighted by Crippen LogP contribution is 2.28. The minimum atomic E-state index is -0.156. The zero-order valence-corrected chi connectivity index (χ0v) is 11.9. The van der Waals surface area contributed by atoms with Crippen molar-refractivity contribution in [3.63, 3.8) is 0 Å². The van der Waals surface area contributed by atoms with Crippen molar-refractivity contribution in [1.29, 1.82) is 0 Å². The van der Waals surface area contributed by atoms with Gasteiger partial charge in [0.1, 0.15) is 5.82 Å². The Morgan fingerprint density at radius 2 is 2.11 bits per heavy atom. The number of rotatable bonds is 6. The van der Waals surface area contributed by atoms with Gasteiger partial charge in [0.15, 0.2) is 0 Å². The van der Waals surface area contributed by atoms with Gasteiger partial charge in [0.2, 0.25) is 0 Å². The summed E-state index contributed by atoms with van der Waals surface area (Å²) in [5.41, 5.74) is 2.69. The van der Waals surface area contributed by atoms with Crippen molar-refractivity contribution in [1.82, 2.24) is 5.32 Å². The van der Waals surface area contributed by atoms with E-state index in [0.29, 0.717) is 12.2 Å². The Balaban J connectivity index is 3.10. The topological polar surface area (TPSA) is 24.5 Å². The number of aryl methyl sites for hydroxylation is 1. The molecule has 102 valence electrons. The molecular formula is C14H23FN2O. The van der Waals surface area contributed by atoms with Gasteiger partial charge in [0.05, 0.1) is 6.61 Å². The zero-order valence-electron chi connectivity index (χ0n) is 11.9. The third-order valence-electron chi connectivity index (χ3n) is 3.25. The van der Waals surface area contributed by atoms with Crippen LogP contribution in [0.4, 0.5) is 10.1 Å². The third-order valence-corrected chi connectivity index (χ3v) is 3.25. The Kier molecular flexibility index (Phi) is 5.56. The lowest BCUT2D eigenvalue weighted by Gasteiger charge is -2.25. The lowest BCUT2D eigenvalue weighted by Crippen LogP contribution is -2.25. The first-order chi connectivity index (χ1) is 8.51. The molecule has 18 heavy (non-hydrogen) atoms. The fourth-order valence-electron chi connectivity index (χ4n) is 1.86. The van der Waals surface area contributed by atoms with Gasteiger partial charge in [0.25, 0.3) is 0 Å². The second-order valence-corrected chi connectivity index (χ2v) is 4.58. The summed E-state index contributed by atoms with van der Waals surface area (Å²) < 4.78 is 18.8. The number of hydrogen-bond donors (Lipinski definition) is 1. The monoisotopic (exact) mass is 254 g/mol. The predicted octanol–water partition coefficient (Wildman–Crippen LogP) is 2.50. The molecule has 1 N–H and O–H groups in total. The second-order valence-electron chi connectivity index (χ2n) is 4.58. The van der Waals surface area contributed by atoms with Gasteiger partial charge < -0.3 is 15.0 Å². The van der Waals surface area contributed by atoms with Crippen molar-refractivity contribution in [3.05, 3.63) is 29.1 Å². The van der Waals surface area contributed by atoms with E-state index in [4.69, 9.17) is 4.74 Å². The van der Waals surface area contributed by atoms with Crippen molar-refractivity contribution in [3.8, 4) is 0 Å². The summed E-state index contributed by atoms with van der Waals surface area (Å²) in [6, 6.07) is 3.63. The minimum Gasteiger partial charge on any atom is -0.383 e. The smallest absolute Gasteiger partial charge is 0.126 e. The summed E-state index contributed by atoms with van der Waals surface area (Å²) >= 11 is 0. The Hall–Kier alpha value is -1.13. The SMILES string of the molecule is CNC(C)c1cc(F)c(C)cc1N(C)CCOC. The molecule has 1 aromatic rings. The number of likely N-dealkylation sites (N-methyl/N-ethyl adjacent to an activating group) is 1. The van der Waals surface area contributed by atoms with Crippen LogP contribution < -0.4 is 10.2 Å². The third kappa shape index (κ3) is 3.43. The van der Waals surface area contributed by atoms with Crippen LogP contribution in [0, 0.1) is 12.7 Å². The number of nitrogens with zero attached hydrogens (tertiary/aromatic N) is 1. The number of anilines is 1. The number of hydrogen-bond acceptors (Lipinski definition) is 3. The molecular weight excluding hydrogens is 231 g/mol. The summed E-state index contributed by atoms with van der Waals surface area (Å²) in [7, 11) is 5.56. The van der Waals surface area contributed by atoms with Crippen molar-refractivity contribution in [2.45, 2.75) is 19.9 Å². The van der Waals surface area contributed by atoms with Gasteiger partial charge in [-0.2, -0.15) is 0 Å². The fraction of sp³-hybridized carbons (Fsp3) is 0.571. The van der Waals surface area contributed by atoms with Crippen LogP contribution in [0.15, 0.2) is 12.1 Å². The number of benzene rings is 1. The van der Waals surface area contributed by atoms with E-state index in [9.17, 15) is 4.39 Å². The van der Waals surface area contributed by atoms with E-state index < -0.39 is 0 Å². The fourth-order valence-corrected chi connectivity index (χ4v) is 1.86. The van der Waals surface area contributed by atoms with Crippen molar-refractivity contribution in [2.24, 2.45) is 0 Å². The molecule has 1 rings (SSSR count). The lowest BCUT2D eigenvalue weighted by atomic mass is 10.0. The maximum Gasteiger partial charge on any atom is 0.126 e. The predicted molar refractivity (Wildman–Crippen MR) is 73.8 cm³/mol. The Morgan fingerprint density at radius 3 is 2.67 bits per heavy atom. The molecule has 3 nitrogen and oxygen atoms in total. The summed E-state index contributed by atoms with van der Waals surface area (Å²) in [5, 5.41) is 3.15. The Morgan fingerprint density at radius 1 is 1.44 bits per heavy atom. The summed E-state index contributed by atoms with van der Waals surface area (Å²) in [6.45, 7) is 5.25. The summed E-state index contributed by atoms with van der Waals surface area (Å²) in [5.74, 6) is -0.156. The van der Waals surface area contributed by atoms with Gasteiger partial charge in [-0.3, -0.25) is 0 Å². The van der Waals surface area contributed by atoms with Gasteiger partial charge in [0, 0.05) is 32.4 Å². The van der Waals surface area contributed by atoms with Gasteiger partial charge in [-0.05, 0) is 44.2 Å². The molecule has 0 spiro atoms. The van der Waals surface area contributed by atoms with Crippen LogP contribution in [0.25, 0.3) is 0 Å². The largest absolute Gasteiger partial charge is 0.383 e. The first-order valence-electron chi connectivity index (χ1n) is 6.18. The molecule has 1 unspecified atom stereocenters. The first kappa shape index (κ1) is 14.9. The molecule has 1 aromatic carbocycles. The number of ether oxygens (including phenoxy) is 1. The summed E-state index contributed by atoms with van der Waals surface area (Å²) in [6.07, 6.45) is 0. The summed E-state index contributed by atoms with van der Waals surface area (Å²) in [4.78, 5) is 2.10. The van der Waals surface area contributed by atoms with Crippen LogP contribution in [0.5, 0.6) is 0 Å². The quantitative estimate of drug-likeness (QED) is 0.844. The lowest BCUT2D eigenvalue weighted by molar-refractivity contribution is 0.206. The average Bonchev–Trinajstić information content (AvgIpc) is 2.37. The van der Waals surface area contributed by atoms with Crippen LogP contribution in [-0.4, -0.2) is 34.4 Å². The highest BCUT2D eigenvalue weighted by atomic mass is 19.1. The molecule has 0 aliphatic heterocycles. The van der Waals surface area contributed by atoms with Crippen molar-refractivity contribution >= 4 is 5.69 Å². The number of methoxy groups -OCH3 is 1. The standard InChI is InChI=1S/C14H23FN2O/c1-10-8-14(17(4)6-7-18-5)12(9-13(10)15)11(2)16-3/h8-9,11,16H,6-7H2,1-5H3. The van der Waals surface area contributed by atoms with Gasteiger partial charge in [-0.15, -0.1) is 0 Å². The first-order valence-corrected chi connectivity index (χ1v) is 6.18. The van der Waals surface area contributed by atoms with Gasteiger partial charge in [-0.25, -0.2) is 4.39 Å². The molecule has 0 aliphatic rings. The molecule has 0 amide bonds. The van der Waals surface area contributed by atoms with E-state index in [-0.39, 0.29) is 11.9 Å². The molecule has 1 atom stereocenters. The normalized spacial score (nSPS) is 12.6. The molecule has 4 heteroatoms. The van der Waals surface area contributed by atoms with E-state index in [1.807, 2.05) is 27.1 Å². The second kappa shape index (κ2) is 6.71. The van der Waals surface area contributed by atoms with E-state index >= 15 is 0 Å². The molecule has 0 saturated heterocycles. The molecule has 0 saturated carbocycles. The minimum absolute atomic E-state index is 0.111. The molecule has 0 aliphatic carbocycles. The molecule has 0 bridgehead atoms. The van der Waals surface area contributed by atoms with Crippen LogP contribution >= 0.6 is 0 Å². The van der Waals surface area contributed by atoms with Crippen LogP contribution in [-0.2, 0) is 4.74 Å². The number of halogens is 1. The van der Waals surface area contributed by atoms with Crippen molar-refractivity contribution in [2.75, 3.05) is 39.3 Å². The van der Waals surface area contributed by atoms with Gasteiger partial charge in [-0.1, -0.05) is 0 Å². The van der Waals surface area contributed by atoms with Crippen LogP contribution in [0.2, 0.25) is 0 Å². The molecule has 0 heterocycles. The van der Waals surface area contributed by atoms with Crippen molar-refractivity contribution < 1.29 is 9.13 Å².